The minimum atomic E-state index is -0.444. The second-order valence-electron chi connectivity index (χ2n) is 7.67. The van der Waals surface area contributed by atoms with Crippen LogP contribution in [-0.4, -0.2) is 30.5 Å². The van der Waals surface area contributed by atoms with Gasteiger partial charge in [-0.15, -0.1) is 0 Å². The van der Waals surface area contributed by atoms with Gasteiger partial charge in [0, 0.05) is 17.4 Å². The molecule has 2 N–H and O–H groups in total. The molecule has 0 unspecified atom stereocenters. The fraction of sp³-hybridized carbons (Fsp3) is 0.185. The summed E-state index contributed by atoms with van der Waals surface area (Å²) in [4.78, 5) is 36.3. The third kappa shape index (κ3) is 8.83. The van der Waals surface area contributed by atoms with E-state index in [0.29, 0.717) is 41.8 Å². The Morgan fingerprint density at radius 3 is 2.46 bits per heavy atom. The summed E-state index contributed by atoms with van der Waals surface area (Å²) in [5.41, 5.74) is 4.25. The van der Waals surface area contributed by atoms with Crippen molar-refractivity contribution in [3.8, 4) is 5.75 Å². The maximum Gasteiger partial charge on any atom is 0.343 e. The molecular weight excluding hydrogens is 510 g/mol. The predicted octanol–water partition coefficient (Wildman–Crippen LogP) is 5.11. The van der Waals surface area contributed by atoms with E-state index in [2.05, 4.69) is 31.8 Å². The maximum absolute atomic E-state index is 12.2. The summed E-state index contributed by atoms with van der Waals surface area (Å²) in [6, 6.07) is 22.9. The first-order valence-corrected chi connectivity index (χ1v) is 12.0. The number of esters is 1. The van der Waals surface area contributed by atoms with Crippen LogP contribution in [-0.2, 0) is 4.79 Å². The van der Waals surface area contributed by atoms with Crippen molar-refractivity contribution < 1.29 is 19.1 Å². The SMILES string of the molecule is O=C(CCCCCNC(=O)c1ccccc1Br)NN=Cc1cccc(OC(=O)c2ccccc2)c1. The second kappa shape index (κ2) is 13.8. The monoisotopic (exact) mass is 535 g/mol. The van der Waals surface area contributed by atoms with Gasteiger partial charge in [0.15, 0.2) is 0 Å². The molecule has 7 nitrogen and oxygen atoms in total. The molecule has 0 atom stereocenters. The molecule has 3 aromatic rings. The van der Waals surface area contributed by atoms with Crippen molar-refractivity contribution in [2.45, 2.75) is 25.7 Å². The number of hydrogen-bond donors (Lipinski definition) is 2. The zero-order valence-corrected chi connectivity index (χ0v) is 20.7. The lowest BCUT2D eigenvalue weighted by Crippen LogP contribution is -2.24. The zero-order chi connectivity index (χ0) is 24.9. The summed E-state index contributed by atoms with van der Waals surface area (Å²) < 4.78 is 6.14. The van der Waals surface area contributed by atoms with E-state index in [1.807, 2.05) is 24.3 Å². The van der Waals surface area contributed by atoms with Gasteiger partial charge < -0.3 is 10.1 Å². The van der Waals surface area contributed by atoms with Crippen LogP contribution in [0.2, 0.25) is 0 Å². The van der Waals surface area contributed by atoms with E-state index >= 15 is 0 Å². The number of amides is 2. The summed E-state index contributed by atoms with van der Waals surface area (Å²) in [5.74, 6) is -0.366. The van der Waals surface area contributed by atoms with E-state index in [4.69, 9.17) is 4.74 Å². The van der Waals surface area contributed by atoms with Crippen molar-refractivity contribution in [2.24, 2.45) is 5.10 Å². The summed E-state index contributed by atoms with van der Waals surface area (Å²) in [6.07, 6.45) is 4.11. The first-order valence-electron chi connectivity index (χ1n) is 11.2. The van der Waals surface area contributed by atoms with E-state index < -0.39 is 5.97 Å². The number of halogens is 1. The zero-order valence-electron chi connectivity index (χ0n) is 19.1. The second-order valence-corrected chi connectivity index (χ2v) is 8.52. The third-order valence-electron chi connectivity index (χ3n) is 4.97. The highest BCUT2D eigenvalue weighted by atomic mass is 79.9. The van der Waals surface area contributed by atoms with Crippen LogP contribution in [0.1, 0.15) is 52.0 Å². The number of unbranched alkanes of at least 4 members (excludes halogenated alkanes) is 2. The van der Waals surface area contributed by atoms with Crippen LogP contribution in [0.3, 0.4) is 0 Å². The van der Waals surface area contributed by atoms with E-state index in [1.165, 1.54) is 6.21 Å². The molecule has 3 rings (SSSR count). The largest absolute Gasteiger partial charge is 0.423 e. The third-order valence-corrected chi connectivity index (χ3v) is 5.66. The molecule has 0 saturated heterocycles. The molecule has 0 spiro atoms. The minimum Gasteiger partial charge on any atom is -0.423 e. The van der Waals surface area contributed by atoms with E-state index in [0.717, 1.165) is 17.3 Å². The van der Waals surface area contributed by atoms with Gasteiger partial charge in [0.25, 0.3) is 5.91 Å². The molecule has 0 heterocycles. The van der Waals surface area contributed by atoms with Crippen LogP contribution in [0.15, 0.2) is 88.4 Å². The Morgan fingerprint density at radius 1 is 0.886 bits per heavy atom. The van der Waals surface area contributed by atoms with Gasteiger partial charge in [0.2, 0.25) is 5.91 Å². The normalized spacial score (nSPS) is 10.7. The number of nitrogens with zero attached hydrogens (tertiary/aromatic N) is 1. The van der Waals surface area contributed by atoms with Gasteiger partial charge in [0.1, 0.15) is 5.75 Å². The lowest BCUT2D eigenvalue weighted by atomic mass is 10.2. The molecule has 0 fully saturated rings. The van der Waals surface area contributed by atoms with E-state index in [1.54, 1.807) is 54.6 Å². The molecule has 0 aliphatic heterocycles. The minimum absolute atomic E-state index is 0.122. The predicted molar refractivity (Wildman–Crippen MR) is 139 cm³/mol. The van der Waals surface area contributed by atoms with Crippen LogP contribution >= 0.6 is 15.9 Å². The summed E-state index contributed by atoms with van der Waals surface area (Å²) in [7, 11) is 0. The van der Waals surface area contributed by atoms with Crippen LogP contribution in [0, 0.1) is 0 Å². The van der Waals surface area contributed by atoms with Gasteiger partial charge in [-0.1, -0.05) is 48.9 Å². The van der Waals surface area contributed by atoms with Crippen LogP contribution in [0.5, 0.6) is 5.75 Å². The lowest BCUT2D eigenvalue weighted by molar-refractivity contribution is -0.121. The molecular formula is C27H26BrN3O4. The van der Waals surface area contributed by atoms with Crippen molar-refractivity contribution in [3.05, 3.63) is 100 Å². The lowest BCUT2D eigenvalue weighted by Gasteiger charge is -2.06. The van der Waals surface area contributed by atoms with Crippen LogP contribution < -0.4 is 15.5 Å². The fourth-order valence-electron chi connectivity index (χ4n) is 3.16. The standard InChI is InChI=1S/C27H26BrN3O4/c28-24-15-7-6-14-23(24)26(33)29-17-8-2-5-16-25(32)31-30-19-20-10-9-13-22(18-20)35-27(34)21-11-3-1-4-12-21/h1,3-4,6-7,9-15,18-19H,2,5,8,16-17H2,(H,29,33)(H,31,32). The Bertz CT molecular complexity index is 1180. The molecule has 0 aromatic heterocycles. The number of benzene rings is 3. The van der Waals surface area contributed by atoms with Gasteiger partial charge in [-0.05, 0) is 70.7 Å². The number of ether oxygens (including phenoxy) is 1. The van der Waals surface area contributed by atoms with Gasteiger partial charge >= 0.3 is 5.97 Å². The number of nitrogens with one attached hydrogen (secondary N) is 2. The molecule has 0 aliphatic rings. The number of hydrogen-bond acceptors (Lipinski definition) is 5. The number of carbonyl (C=O) groups is 3. The van der Waals surface area contributed by atoms with Gasteiger partial charge in [-0.25, -0.2) is 10.2 Å². The van der Waals surface area contributed by atoms with Crippen molar-refractivity contribution in [2.75, 3.05) is 6.54 Å². The molecule has 0 bridgehead atoms. The van der Waals surface area contributed by atoms with Crippen molar-refractivity contribution >= 4 is 39.9 Å². The molecule has 2 amide bonds. The topological polar surface area (TPSA) is 96.9 Å². The summed E-state index contributed by atoms with van der Waals surface area (Å²) in [5, 5.41) is 6.86. The summed E-state index contributed by atoms with van der Waals surface area (Å²) >= 11 is 3.37. The summed E-state index contributed by atoms with van der Waals surface area (Å²) in [6.45, 7) is 0.547. The maximum atomic E-state index is 12.2. The molecule has 0 radical (unpaired) electrons. The Hall–Kier alpha value is -3.78. The fourth-order valence-corrected chi connectivity index (χ4v) is 3.63. The molecule has 3 aromatic carbocycles. The quantitative estimate of drug-likeness (QED) is 0.117. The Labute approximate surface area is 212 Å². The van der Waals surface area contributed by atoms with Gasteiger partial charge in [-0.3, -0.25) is 9.59 Å². The Kier molecular flexibility index (Phi) is 10.2. The Balaban J connectivity index is 1.32. The van der Waals surface area contributed by atoms with Crippen molar-refractivity contribution in [1.29, 1.82) is 0 Å². The first-order chi connectivity index (χ1) is 17.0. The Morgan fingerprint density at radius 2 is 1.66 bits per heavy atom. The average molecular weight is 536 g/mol. The molecule has 0 saturated carbocycles. The number of carbonyl (C=O) groups excluding carboxylic acids is 3. The molecule has 8 heteroatoms. The highest BCUT2D eigenvalue weighted by Gasteiger charge is 2.09. The smallest absolute Gasteiger partial charge is 0.343 e. The van der Waals surface area contributed by atoms with Gasteiger partial charge in [0.05, 0.1) is 17.3 Å². The van der Waals surface area contributed by atoms with E-state index in [-0.39, 0.29) is 11.8 Å². The van der Waals surface area contributed by atoms with E-state index in [9.17, 15) is 14.4 Å². The first kappa shape index (κ1) is 25.8. The number of rotatable bonds is 11. The molecule has 0 aliphatic carbocycles. The highest BCUT2D eigenvalue weighted by molar-refractivity contribution is 9.10. The molecule has 35 heavy (non-hydrogen) atoms. The highest BCUT2D eigenvalue weighted by Crippen LogP contribution is 2.16. The van der Waals surface area contributed by atoms with Gasteiger partial charge in [-0.2, -0.15) is 5.10 Å². The van der Waals surface area contributed by atoms with Crippen molar-refractivity contribution in [1.82, 2.24) is 10.7 Å². The molecule has 180 valence electrons. The van der Waals surface area contributed by atoms with Crippen molar-refractivity contribution in [3.63, 3.8) is 0 Å². The number of hydrazone groups is 1. The van der Waals surface area contributed by atoms with Crippen LogP contribution in [0.4, 0.5) is 0 Å². The average Bonchev–Trinajstić information content (AvgIpc) is 2.87. The van der Waals surface area contributed by atoms with Crippen LogP contribution in [0.25, 0.3) is 0 Å².